The summed E-state index contributed by atoms with van der Waals surface area (Å²) >= 11 is 0. The monoisotopic (exact) mass is 263 g/mol. The minimum absolute atomic E-state index is 0.129. The second-order valence-electron chi connectivity index (χ2n) is 4.46. The molecule has 0 aliphatic carbocycles. The van der Waals surface area contributed by atoms with E-state index in [1.807, 2.05) is 0 Å². The van der Waals surface area contributed by atoms with Crippen LogP contribution in [0, 0.1) is 0 Å². The molecule has 1 saturated heterocycles. The Kier molecular flexibility index (Phi) is 4.52. The van der Waals surface area contributed by atoms with Gasteiger partial charge in [-0.25, -0.2) is 0 Å². The Bertz CT molecular complexity index is 449. The highest BCUT2D eigenvalue weighted by atomic mass is 16.5. The molecule has 1 heterocycles. The lowest BCUT2D eigenvalue weighted by Crippen LogP contribution is -2.31. The molecule has 0 radical (unpaired) electrons. The summed E-state index contributed by atoms with van der Waals surface area (Å²) in [6.45, 7) is 2.64. The zero-order chi connectivity index (χ0) is 13.7. The van der Waals surface area contributed by atoms with Crippen molar-refractivity contribution in [3.05, 3.63) is 29.8 Å². The highest BCUT2D eigenvalue weighted by Crippen LogP contribution is 2.13. The summed E-state index contributed by atoms with van der Waals surface area (Å²) in [6, 6.07) is 6.46. The van der Waals surface area contributed by atoms with Gasteiger partial charge in [0.15, 0.2) is 0 Å². The maximum absolute atomic E-state index is 11.9. The Hall–Kier alpha value is -1.88. The Morgan fingerprint density at radius 3 is 2.68 bits per heavy atom. The largest absolute Gasteiger partial charge is 0.427 e. The molecule has 1 aliphatic rings. The highest BCUT2D eigenvalue weighted by Gasteiger charge is 2.16. The van der Waals surface area contributed by atoms with E-state index in [2.05, 4.69) is 5.32 Å². The molecule has 0 bridgehead atoms. The van der Waals surface area contributed by atoms with Gasteiger partial charge < -0.3 is 14.8 Å². The zero-order valence-corrected chi connectivity index (χ0v) is 10.8. The van der Waals surface area contributed by atoms with Crippen LogP contribution in [0.4, 0.5) is 0 Å². The van der Waals surface area contributed by atoms with Crippen molar-refractivity contribution in [3.63, 3.8) is 0 Å². The topological polar surface area (TPSA) is 64.6 Å². The van der Waals surface area contributed by atoms with Crippen molar-refractivity contribution in [1.82, 2.24) is 5.32 Å². The summed E-state index contributed by atoms with van der Waals surface area (Å²) in [6.07, 6.45) is 2.17. The average molecular weight is 263 g/mol. The van der Waals surface area contributed by atoms with E-state index in [-0.39, 0.29) is 18.0 Å². The van der Waals surface area contributed by atoms with Crippen LogP contribution in [-0.4, -0.2) is 31.1 Å². The quantitative estimate of drug-likeness (QED) is 0.660. The lowest BCUT2D eigenvalue weighted by atomic mass is 10.2. The molecule has 1 aromatic carbocycles. The lowest BCUT2D eigenvalue weighted by Gasteiger charge is -2.10. The van der Waals surface area contributed by atoms with Gasteiger partial charge in [-0.3, -0.25) is 9.59 Å². The number of esters is 1. The Morgan fingerprint density at radius 1 is 1.37 bits per heavy atom. The number of hydrogen-bond donors (Lipinski definition) is 1. The maximum Gasteiger partial charge on any atom is 0.308 e. The van der Waals surface area contributed by atoms with Gasteiger partial charge >= 0.3 is 5.97 Å². The van der Waals surface area contributed by atoms with Gasteiger partial charge in [0, 0.05) is 25.6 Å². The van der Waals surface area contributed by atoms with Gasteiger partial charge in [-0.2, -0.15) is 0 Å². The van der Waals surface area contributed by atoms with Crippen LogP contribution in [0.3, 0.4) is 0 Å². The molecule has 1 aromatic rings. The third-order valence-electron chi connectivity index (χ3n) is 2.89. The van der Waals surface area contributed by atoms with Crippen molar-refractivity contribution in [2.45, 2.75) is 25.9 Å². The zero-order valence-electron chi connectivity index (χ0n) is 10.8. The number of rotatable bonds is 4. The SMILES string of the molecule is CC(=O)Oc1ccc(C(=O)NC[C@H]2CCCO2)cc1. The first-order valence-electron chi connectivity index (χ1n) is 6.33. The van der Waals surface area contributed by atoms with E-state index in [9.17, 15) is 9.59 Å². The second kappa shape index (κ2) is 6.33. The van der Waals surface area contributed by atoms with E-state index >= 15 is 0 Å². The summed E-state index contributed by atoms with van der Waals surface area (Å²) < 4.78 is 10.3. The fraction of sp³-hybridized carbons (Fsp3) is 0.429. The third-order valence-corrected chi connectivity index (χ3v) is 2.89. The van der Waals surface area contributed by atoms with Gasteiger partial charge in [-0.05, 0) is 37.1 Å². The first-order valence-corrected chi connectivity index (χ1v) is 6.33. The van der Waals surface area contributed by atoms with E-state index in [0.29, 0.717) is 17.9 Å². The first kappa shape index (κ1) is 13.5. The molecule has 0 spiro atoms. The number of ether oxygens (including phenoxy) is 2. The molecule has 0 saturated carbocycles. The standard InChI is InChI=1S/C14H17NO4/c1-10(16)19-12-6-4-11(5-7-12)14(17)15-9-13-3-2-8-18-13/h4-7,13H,2-3,8-9H2,1H3,(H,15,17)/t13-/m1/s1. The fourth-order valence-electron chi connectivity index (χ4n) is 1.95. The molecule has 0 aromatic heterocycles. The maximum atomic E-state index is 11.9. The van der Waals surface area contributed by atoms with Crippen LogP contribution in [0.1, 0.15) is 30.1 Å². The highest BCUT2D eigenvalue weighted by molar-refractivity contribution is 5.94. The molecule has 0 unspecified atom stereocenters. The summed E-state index contributed by atoms with van der Waals surface area (Å²) in [5.74, 6) is -0.0939. The van der Waals surface area contributed by atoms with Gasteiger partial charge in [-0.15, -0.1) is 0 Å². The Labute approximate surface area is 111 Å². The van der Waals surface area contributed by atoms with Crippen LogP contribution in [0.25, 0.3) is 0 Å². The minimum Gasteiger partial charge on any atom is -0.427 e. The van der Waals surface area contributed by atoms with Crippen molar-refractivity contribution in [2.24, 2.45) is 0 Å². The molecule has 1 atom stereocenters. The minimum atomic E-state index is -0.379. The smallest absolute Gasteiger partial charge is 0.308 e. The molecular formula is C14H17NO4. The van der Waals surface area contributed by atoms with Crippen molar-refractivity contribution < 1.29 is 19.1 Å². The molecule has 1 aliphatic heterocycles. The van der Waals surface area contributed by atoms with Crippen molar-refractivity contribution >= 4 is 11.9 Å². The number of amides is 1. The molecule has 5 nitrogen and oxygen atoms in total. The van der Waals surface area contributed by atoms with Crippen LogP contribution in [-0.2, 0) is 9.53 Å². The molecule has 1 fully saturated rings. The summed E-state index contributed by atoms with van der Waals surface area (Å²) in [5, 5.41) is 2.83. The number of carbonyl (C=O) groups excluding carboxylic acids is 2. The van der Waals surface area contributed by atoms with Crippen LogP contribution in [0.2, 0.25) is 0 Å². The first-order chi connectivity index (χ1) is 9.15. The molecule has 19 heavy (non-hydrogen) atoms. The number of nitrogens with one attached hydrogen (secondary N) is 1. The van der Waals surface area contributed by atoms with Crippen molar-refractivity contribution in [2.75, 3.05) is 13.2 Å². The predicted molar refractivity (Wildman–Crippen MR) is 69.1 cm³/mol. The van der Waals surface area contributed by atoms with Crippen LogP contribution < -0.4 is 10.1 Å². The van der Waals surface area contributed by atoms with E-state index in [0.717, 1.165) is 19.4 Å². The molecular weight excluding hydrogens is 246 g/mol. The van der Waals surface area contributed by atoms with Crippen LogP contribution in [0.5, 0.6) is 5.75 Å². The summed E-state index contributed by atoms with van der Waals surface area (Å²) in [5.41, 5.74) is 0.536. The van der Waals surface area contributed by atoms with Crippen molar-refractivity contribution in [1.29, 1.82) is 0 Å². The summed E-state index contributed by atoms with van der Waals surface area (Å²) in [4.78, 5) is 22.6. The van der Waals surface area contributed by atoms with E-state index in [1.54, 1.807) is 24.3 Å². The lowest BCUT2D eigenvalue weighted by molar-refractivity contribution is -0.131. The second-order valence-corrected chi connectivity index (χ2v) is 4.46. The van der Waals surface area contributed by atoms with Crippen LogP contribution >= 0.6 is 0 Å². The third kappa shape index (κ3) is 4.06. The number of hydrogen-bond acceptors (Lipinski definition) is 4. The average Bonchev–Trinajstić information content (AvgIpc) is 2.89. The van der Waals surface area contributed by atoms with Gasteiger partial charge in [-0.1, -0.05) is 0 Å². The van der Waals surface area contributed by atoms with Gasteiger partial charge in [0.1, 0.15) is 5.75 Å². The van der Waals surface area contributed by atoms with E-state index in [1.165, 1.54) is 6.92 Å². The van der Waals surface area contributed by atoms with E-state index < -0.39 is 0 Å². The fourth-order valence-corrected chi connectivity index (χ4v) is 1.95. The molecule has 5 heteroatoms. The van der Waals surface area contributed by atoms with Gasteiger partial charge in [0.2, 0.25) is 0 Å². The number of benzene rings is 1. The summed E-state index contributed by atoms with van der Waals surface area (Å²) in [7, 11) is 0. The van der Waals surface area contributed by atoms with Gasteiger partial charge in [0.05, 0.1) is 6.10 Å². The normalized spacial score (nSPS) is 18.1. The molecule has 1 amide bonds. The van der Waals surface area contributed by atoms with Crippen LogP contribution in [0.15, 0.2) is 24.3 Å². The molecule has 1 N–H and O–H groups in total. The predicted octanol–water partition coefficient (Wildman–Crippen LogP) is 1.52. The molecule has 102 valence electrons. The van der Waals surface area contributed by atoms with Crippen molar-refractivity contribution in [3.8, 4) is 5.75 Å². The van der Waals surface area contributed by atoms with Gasteiger partial charge in [0.25, 0.3) is 5.91 Å². The molecule has 2 rings (SSSR count). The van der Waals surface area contributed by atoms with E-state index in [4.69, 9.17) is 9.47 Å². The Morgan fingerprint density at radius 2 is 2.11 bits per heavy atom. The number of carbonyl (C=O) groups is 2. The Balaban J connectivity index is 1.86.